The van der Waals surface area contributed by atoms with E-state index in [1.165, 1.54) is 0 Å². The van der Waals surface area contributed by atoms with E-state index in [0.29, 0.717) is 29.6 Å². The lowest BCUT2D eigenvalue weighted by atomic mass is 10.2. The first-order valence-electron chi connectivity index (χ1n) is 9.67. The van der Waals surface area contributed by atoms with Gasteiger partial charge in [0.2, 0.25) is 5.89 Å². The summed E-state index contributed by atoms with van der Waals surface area (Å²) in [6.45, 7) is 5.61. The van der Waals surface area contributed by atoms with Crippen molar-refractivity contribution < 1.29 is 33.3 Å². The van der Waals surface area contributed by atoms with Crippen LogP contribution in [0.15, 0.2) is 22.6 Å². The van der Waals surface area contributed by atoms with Crippen LogP contribution >= 0.6 is 0 Å². The average Bonchev–Trinajstić information content (AvgIpc) is 3.39. The second-order valence-electron chi connectivity index (χ2n) is 8.07. The molecule has 2 N–H and O–H groups in total. The number of carboxylic acids is 1. The van der Waals surface area contributed by atoms with Crippen molar-refractivity contribution in [2.24, 2.45) is 5.92 Å². The molecular formula is C21H26N2O7. The van der Waals surface area contributed by atoms with Crippen LogP contribution in [0.3, 0.4) is 0 Å². The summed E-state index contributed by atoms with van der Waals surface area (Å²) in [4.78, 5) is 27.5. The van der Waals surface area contributed by atoms with Crippen molar-refractivity contribution in [1.82, 2.24) is 10.3 Å². The molecule has 0 radical (unpaired) electrons. The van der Waals surface area contributed by atoms with Crippen LogP contribution in [0.2, 0.25) is 0 Å². The molecule has 2 aromatic rings. The Bertz CT molecular complexity index is 926. The van der Waals surface area contributed by atoms with Gasteiger partial charge in [0.15, 0.2) is 23.0 Å². The number of ether oxygens (including phenoxy) is 3. The molecule has 1 fully saturated rings. The number of nitrogens with one attached hydrogen (secondary N) is 1. The third-order valence-corrected chi connectivity index (χ3v) is 4.27. The maximum Gasteiger partial charge on any atom is 0.408 e. The predicted octanol–water partition coefficient (Wildman–Crippen LogP) is 3.86. The zero-order valence-electron chi connectivity index (χ0n) is 17.5. The number of nitrogens with zero attached hydrogens (tertiary/aromatic N) is 1. The molecule has 3 rings (SSSR count). The summed E-state index contributed by atoms with van der Waals surface area (Å²) in [5, 5.41) is 11.9. The zero-order chi connectivity index (χ0) is 21.9. The largest absolute Gasteiger partial charge is 0.493 e. The number of hydrogen-bond donors (Lipinski definition) is 2. The number of methoxy groups -OCH3 is 1. The number of aromatic nitrogens is 1. The van der Waals surface area contributed by atoms with Crippen molar-refractivity contribution in [1.29, 1.82) is 0 Å². The number of carbonyl (C=O) groups is 2. The van der Waals surface area contributed by atoms with Gasteiger partial charge in [-0.3, -0.25) is 0 Å². The highest BCUT2D eigenvalue weighted by Crippen LogP contribution is 2.35. The van der Waals surface area contributed by atoms with Gasteiger partial charge in [0.05, 0.1) is 20.3 Å². The summed E-state index contributed by atoms with van der Waals surface area (Å²) in [5.41, 5.74) is -0.420. The number of alkyl carbamates (subject to hydrolysis) is 1. The Morgan fingerprint density at radius 3 is 2.60 bits per heavy atom. The topological polar surface area (TPSA) is 120 Å². The van der Waals surface area contributed by atoms with E-state index < -0.39 is 17.7 Å². The third kappa shape index (κ3) is 5.65. The van der Waals surface area contributed by atoms with Gasteiger partial charge < -0.3 is 29.1 Å². The molecule has 162 valence electrons. The minimum absolute atomic E-state index is 0.0135. The Labute approximate surface area is 174 Å². The van der Waals surface area contributed by atoms with Gasteiger partial charge in [-0.2, -0.15) is 0 Å². The van der Waals surface area contributed by atoms with Crippen LogP contribution in [0.25, 0.3) is 11.5 Å². The lowest BCUT2D eigenvalue weighted by Gasteiger charge is -2.19. The Balaban J connectivity index is 1.80. The molecule has 0 aliphatic heterocycles. The number of benzene rings is 1. The summed E-state index contributed by atoms with van der Waals surface area (Å²) in [7, 11) is 1.55. The second kappa shape index (κ2) is 8.64. The molecule has 1 aromatic heterocycles. The van der Waals surface area contributed by atoms with Crippen molar-refractivity contribution >= 4 is 12.1 Å². The first-order chi connectivity index (χ1) is 14.2. The van der Waals surface area contributed by atoms with Crippen LogP contribution in [0, 0.1) is 5.92 Å². The maximum absolute atomic E-state index is 11.9. The lowest BCUT2D eigenvalue weighted by molar-refractivity contribution is 0.0516. The van der Waals surface area contributed by atoms with E-state index in [0.717, 1.165) is 12.8 Å². The monoisotopic (exact) mass is 418 g/mol. The number of oxazole rings is 1. The molecule has 1 amide bonds. The van der Waals surface area contributed by atoms with Crippen molar-refractivity contribution in [3.05, 3.63) is 29.7 Å². The molecule has 0 unspecified atom stereocenters. The van der Waals surface area contributed by atoms with Gasteiger partial charge in [-0.25, -0.2) is 14.6 Å². The Morgan fingerprint density at radius 1 is 1.27 bits per heavy atom. The Morgan fingerprint density at radius 2 is 2.00 bits per heavy atom. The van der Waals surface area contributed by atoms with Gasteiger partial charge in [0.1, 0.15) is 5.60 Å². The molecule has 1 saturated carbocycles. The smallest absolute Gasteiger partial charge is 0.408 e. The molecule has 0 atom stereocenters. The van der Waals surface area contributed by atoms with Gasteiger partial charge in [-0.1, -0.05) is 0 Å². The van der Waals surface area contributed by atoms with Gasteiger partial charge in [-0.15, -0.1) is 0 Å². The molecule has 0 saturated heterocycles. The molecule has 9 heteroatoms. The first kappa shape index (κ1) is 21.5. The Hall–Kier alpha value is -3.23. The zero-order valence-corrected chi connectivity index (χ0v) is 17.5. The van der Waals surface area contributed by atoms with E-state index in [2.05, 4.69) is 10.3 Å². The highest BCUT2D eigenvalue weighted by molar-refractivity contribution is 5.87. The molecule has 30 heavy (non-hydrogen) atoms. The van der Waals surface area contributed by atoms with E-state index in [1.54, 1.807) is 46.1 Å². The fraction of sp³-hybridized carbons (Fsp3) is 0.476. The third-order valence-electron chi connectivity index (χ3n) is 4.27. The minimum atomic E-state index is -1.26. The van der Waals surface area contributed by atoms with Crippen LogP contribution in [0.5, 0.6) is 11.5 Å². The van der Waals surface area contributed by atoms with Gasteiger partial charge >= 0.3 is 12.1 Å². The summed E-state index contributed by atoms with van der Waals surface area (Å²) in [5.74, 6) is 0.516. The molecule has 9 nitrogen and oxygen atoms in total. The van der Waals surface area contributed by atoms with Gasteiger partial charge in [0.25, 0.3) is 0 Å². The first-order valence-corrected chi connectivity index (χ1v) is 9.67. The van der Waals surface area contributed by atoms with Gasteiger partial charge in [0, 0.05) is 5.56 Å². The molecule has 0 spiro atoms. The summed E-state index contributed by atoms with van der Waals surface area (Å²) >= 11 is 0. The average molecular weight is 418 g/mol. The van der Waals surface area contributed by atoms with Crippen molar-refractivity contribution in [2.75, 3.05) is 13.7 Å². The highest BCUT2D eigenvalue weighted by Gasteiger charge is 2.25. The molecule has 1 aliphatic carbocycles. The maximum atomic E-state index is 11.9. The number of rotatable bonds is 8. The van der Waals surface area contributed by atoms with E-state index in [4.69, 9.17) is 18.6 Å². The minimum Gasteiger partial charge on any atom is -0.493 e. The molecule has 1 aromatic carbocycles. The molecule has 1 heterocycles. The van der Waals surface area contributed by atoms with Crippen LogP contribution in [0.1, 0.15) is 49.9 Å². The van der Waals surface area contributed by atoms with Gasteiger partial charge in [-0.05, 0) is 57.7 Å². The van der Waals surface area contributed by atoms with Crippen LogP contribution in [-0.2, 0) is 11.3 Å². The summed E-state index contributed by atoms with van der Waals surface area (Å²) in [6.07, 6.45) is 1.62. The van der Waals surface area contributed by atoms with Crippen LogP contribution in [0.4, 0.5) is 4.79 Å². The standard InChI is InChI=1S/C21H26N2O7/c1-21(2,3)30-20(26)22-10-16-17(19(24)25)23-18(29-16)13-7-8-14(27-4)15(9-13)28-11-12-5-6-12/h7-9,12H,5-6,10-11H2,1-4H3,(H,22,26)(H,24,25). The highest BCUT2D eigenvalue weighted by atomic mass is 16.6. The molecular weight excluding hydrogens is 392 g/mol. The van der Waals surface area contributed by atoms with E-state index in [-0.39, 0.29) is 23.9 Å². The number of amides is 1. The quantitative estimate of drug-likeness (QED) is 0.663. The summed E-state index contributed by atoms with van der Waals surface area (Å²) in [6, 6.07) is 5.11. The van der Waals surface area contributed by atoms with Crippen molar-refractivity contribution in [3.8, 4) is 23.0 Å². The fourth-order valence-electron chi connectivity index (χ4n) is 2.64. The van der Waals surface area contributed by atoms with E-state index >= 15 is 0 Å². The Kier molecular flexibility index (Phi) is 6.19. The SMILES string of the molecule is COc1ccc(-c2nc(C(=O)O)c(CNC(=O)OC(C)(C)C)o2)cc1OCC1CC1. The lowest BCUT2D eigenvalue weighted by Crippen LogP contribution is -2.32. The van der Waals surface area contributed by atoms with Crippen molar-refractivity contribution in [3.63, 3.8) is 0 Å². The van der Waals surface area contributed by atoms with Crippen molar-refractivity contribution in [2.45, 2.75) is 45.8 Å². The molecule has 1 aliphatic rings. The number of carbonyl (C=O) groups excluding carboxylic acids is 1. The number of hydrogen-bond acceptors (Lipinski definition) is 7. The fourth-order valence-corrected chi connectivity index (χ4v) is 2.64. The van der Waals surface area contributed by atoms with E-state index in [1.807, 2.05) is 0 Å². The number of carboxylic acid groups (broad SMARTS) is 1. The van der Waals surface area contributed by atoms with E-state index in [9.17, 15) is 14.7 Å². The summed E-state index contributed by atoms with van der Waals surface area (Å²) < 4.78 is 22.0. The second-order valence-corrected chi connectivity index (χ2v) is 8.07. The normalized spacial score (nSPS) is 13.6. The van der Waals surface area contributed by atoms with Crippen LogP contribution < -0.4 is 14.8 Å². The predicted molar refractivity (Wildman–Crippen MR) is 107 cm³/mol. The number of aromatic carboxylic acids is 1. The molecule has 0 bridgehead atoms. The van der Waals surface area contributed by atoms with Crippen LogP contribution in [-0.4, -0.2) is 41.5 Å².